The fourth-order valence-electron chi connectivity index (χ4n) is 2.16. The predicted molar refractivity (Wildman–Crippen MR) is 77.6 cm³/mol. The van der Waals surface area contributed by atoms with Crippen LogP contribution in [0.25, 0.3) is 0 Å². The Kier molecular flexibility index (Phi) is 3.96. The summed E-state index contributed by atoms with van der Waals surface area (Å²) >= 11 is 0. The van der Waals surface area contributed by atoms with Crippen molar-refractivity contribution in [3.8, 4) is 0 Å². The van der Waals surface area contributed by atoms with Crippen molar-refractivity contribution in [2.75, 3.05) is 0 Å². The fraction of sp³-hybridized carbons (Fsp3) is 0.444. The predicted octanol–water partition coefficient (Wildman–Crippen LogP) is 2.99. The lowest BCUT2D eigenvalue weighted by Gasteiger charge is -2.22. The molecule has 6 atom stereocenters. The Bertz CT molecular complexity index is 419. The second-order valence-corrected chi connectivity index (χ2v) is 13.4. The van der Waals surface area contributed by atoms with Gasteiger partial charge in [0.2, 0.25) is 0 Å². The minimum absolute atomic E-state index is 0.0299. The van der Waals surface area contributed by atoms with Gasteiger partial charge in [0.25, 0.3) is 5.56 Å². The molecule has 0 saturated heterocycles. The average molecular weight is 277 g/mol. The van der Waals surface area contributed by atoms with Crippen molar-refractivity contribution in [2.45, 2.75) is 25.0 Å². The van der Waals surface area contributed by atoms with Gasteiger partial charge in [-0.25, -0.2) is 0 Å². The number of nitrogens with zero attached hydrogens (tertiary/aromatic N) is 1. The van der Waals surface area contributed by atoms with Crippen molar-refractivity contribution >= 4 is 33.1 Å². The first kappa shape index (κ1) is 12.1. The third kappa shape index (κ3) is 2.21. The maximum atomic E-state index is 11.7. The van der Waals surface area contributed by atoms with E-state index in [-0.39, 0.29) is 12.9 Å². The Hall–Kier alpha value is 0.670. The molecule has 2 nitrogen and oxygen atoms in total. The summed E-state index contributed by atoms with van der Waals surface area (Å²) < 4.78 is 1.97. The third-order valence-electron chi connectivity index (χ3n) is 2.96. The average Bonchev–Trinajstić information content (AvgIpc) is 2.56. The second kappa shape index (κ2) is 4.89. The van der Waals surface area contributed by atoms with Crippen LogP contribution in [0.5, 0.6) is 0 Å². The quantitative estimate of drug-likeness (QED) is 0.762. The zero-order chi connectivity index (χ0) is 11.0. The number of rotatable bonds is 2. The van der Waals surface area contributed by atoms with Gasteiger partial charge in [-0.3, -0.25) is 4.79 Å². The molecular weight excluding hydrogens is 262 g/mol. The van der Waals surface area contributed by atoms with E-state index in [1.807, 2.05) is 10.6 Å². The summed E-state index contributed by atoms with van der Waals surface area (Å²) in [5.74, 6) is 0. The Balaban J connectivity index is 2.38. The van der Waals surface area contributed by atoms with Crippen LogP contribution in [0, 0.1) is 0 Å². The van der Waals surface area contributed by atoms with Crippen molar-refractivity contribution in [2.24, 2.45) is 0 Å². The van der Waals surface area contributed by atoms with E-state index in [9.17, 15) is 4.79 Å². The van der Waals surface area contributed by atoms with Gasteiger partial charge in [0.1, 0.15) is 0 Å². The van der Waals surface area contributed by atoms with E-state index >= 15 is 0 Å². The minimum Gasteiger partial charge on any atom is -0.309 e. The van der Waals surface area contributed by atoms with Crippen LogP contribution in [0.15, 0.2) is 23.0 Å². The smallest absolute Gasteiger partial charge is 0.250 e. The third-order valence-corrected chi connectivity index (χ3v) is 14.3. The molecule has 2 heterocycles. The molecular formula is C9H15NOP4. The van der Waals surface area contributed by atoms with E-state index in [4.69, 9.17) is 0 Å². The lowest BCUT2D eigenvalue weighted by molar-refractivity contribution is 0.573. The summed E-state index contributed by atoms with van der Waals surface area (Å²) in [4.78, 5) is 11.7. The van der Waals surface area contributed by atoms with Crippen molar-refractivity contribution in [3.63, 3.8) is 0 Å². The van der Waals surface area contributed by atoms with E-state index in [0.717, 1.165) is 14.4 Å². The first-order valence-electron chi connectivity index (χ1n) is 4.85. The molecule has 6 heteroatoms. The number of hydrogen-bond acceptors (Lipinski definition) is 1. The fourth-order valence-corrected chi connectivity index (χ4v) is 7.61. The molecule has 0 aromatic carbocycles. The van der Waals surface area contributed by atoms with Crippen molar-refractivity contribution in [1.82, 2.24) is 4.57 Å². The number of fused-ring (bicyclic) bond motifs is 1. The van der Waals surface area contributed by atoms with Crippen LogP contribution in [0.4, 0.5) is 0 Å². The molecule has 0 spiro atoms. The number of aromatic nitrogens is 1. The highest BCUT2D eigenvalue weighted by Gasteiger charge is 2.32. The molecule has 0 bridgehead atoms. The zero-order valence-corrected chi connectivity index (χ0v) is 12.8. The van der Waals surface area contributed by atoms with Crippen molar-refractivity contribution in [1.29, 1.82) is 0 Å². The molecule has 82 valence electrons. The molecule has 1 aromatic heterocycles. The molecule has 1 aliphatic rings. The van der Waals surface area contributed by atoms with Gasteiger partial charge >= 0.3 is 0 Å². The maximum absolute atomic E-state index is 11.7. The Morgan fingerprint density at radius 2 is 2.33 bits per heavy atom. The summed E-state index contributed by atoms with van der Waals surface area (Å²) in [6, 6.07) is 5.98. The summed E-state index contributed by atoms with van der Waals surface area (Å²) in [5.41, 5.74) is 2.01. The summed E-state index contributed by atoms with van der Waals surface area (Å²) in [5, 5.41) is 0. The number of pyridine rings is 1. The molecule has 0 amide bonds. The Labute approximate surface area is 97.2 Å². The molecule has 2 rings (SSSR count). The molecule has 0 radical (unpaired) electrons. The largest absolute Gasteiger partial charge is 0.309 e. The monoisotopic (exact) mass is 277 g/mol. The highest BCUT2D eigenvalue weighted by molar-refractivity contribution is 8.61. The van der Waals surface area contributed by atoms with Gasteiger partial charge in [0, 0.05) is 23.5 Å². The van der Waals surface area contributed by atoms with E-state index in [1.54, 1.807) is 6.07 Å². The van der Waals surface area contributed by atoms with Crippen LogP contribution in [-0.4, -0.2) is 10.2 Å². The molecule has 0 fully saturated rings. The normalized spacial score (nSPS) is 27.1. The summed E-state index contributed by atoms with van der Waals surface area (Å²) in [7, 11) is 6.69. The Morgan fingerprint density at radius 1 is 1.60 bits per heavy atom. The molecule has 6 unspecified atom stereocenters. The molecule has 1 aromatic rings. The highest BCUT2D eigenvalue weighted by atomic mass is 32.6. The van der Waals surface area contributed by atoms with Crippen LogP contribution < -0.4 is 5.56 Å². The van der Waals surface area contributed by atoms with E-state index < -0.39 is 0 Å². The van der Waals surface area contributed by atoms with Crippen LogP contribution >= 0.6 is 33.1 Å². The SMILES string of the molecule is CC1C(P(P)PP)Cc2cccc(=O)n21. The van der Waals surface area contributed by atoms with Gasteiger partial charge in [-0.05, 0) is 19.4 Å². The van der Waals surface area contributed by atoms with Gasteiger partial charge in [0.15, 0.2) is 0 Å². The molecule has 0 N–H and O–H groups in total. The summed E-state index contributed by atoms with van der Waals surface area (Å²) in [6.07, 6.45) is 1.06. The van der Waals surface area contributed by atoms with Crippen LogP contribution in [-0.2, 0) is 6.42 Å². The Morgan fingerprint density at radius 3 is 2.93 bits per heavy atom. The molecule has 0 aliphatic carbocycles. The van der Waals surface area contributed by atoms with Crippen LogP contribution in [0.1, 0.15) is 18.7 Å². The molecule has 0 saturated carbocycles. The summed E-state index contributed by atoms with van der Waals surface area (Å²) in [6.45, 7) is 2.17. The number of hydrogen-bond donors (Lipinski definition) is 0. The second-order valence-electron chi connectivity index (χ2n) is 3.77. The van der Waals surface area contributed by atoms with Gasteiger partial charge < -0.3 is 4.57 Å². The van der Waals surface area contributed by atoms with Crippen LogP contribution in [0.2, 0.25) is 0 Å². The topological polar surface area (TPSA) is 22.0 Å². The van der Waals surface area contributed by atoms with E-state index in [1.165, 1.54) is 5.69 Å². The molecule has 1 aliphatic heterocycles. The minimum atomic E-state index is -0.0299. The lowest BCUT2D eigenvalue weighted by Crippen LogP contribution is -2.22. The van der Waals surface area contributed by atoms with Gasteiger partial charge in [-0.15, -0.1) is 17.9 Å². The van der Waals surface area contributed by atoms with Gasteiger partial charge in [-0.1, -0.05) is 21.3 Å². The maximum Gasteiger partial charge on any atom is 0.250 e. The van der Waals surface area contributed by atoms with Gasteiger partial charge in [-0.2, -0.15) is 0 Å². The van der Waals surface area contributed by atoms with E-state index in [0.29, 0.717) is 11.7 Å². The van der Waals surface area contributed by atoms with Crippen molar-refractivity contribution < 1.29 is 0 Å². The highest BCUT2D eigenvalue weighted by Crippen LogP contribution is 2.71. The first-order chi connectivity index (χ1) is 7.15. The van der Waals surface area contributed by atoms with Gasteiger partial charge in [0.05, 0.1) is 0 Å². The zero-order valence-electron chi connectivity index (χ0n) is 8.55. The first-order valence-corrected chi connectivity index (χ1v) is 11.5. The molecule has 15 heavy (non-hydrogen) atoms. The van der Waals surface area contributed by atoms with Crippen molar-refractivity contribution in [3.05, 3.63) is 34.2 Å². The lowest BCUT2D eigenvalue weighted by atomic mass is 10.2. The van der Waals surface area contributed by atoms with Crippen LogP contribution in [0.3, 0.4) is 0 Å². The van der Waals surface area contributed by atoms with E-state index in [2.05, 4.69) is 30.8 Å². The standard InChI is InChI=1S/C9H15NOP4/c1-6-8(15(13)14-12)5-7-3-2-4-9(11)10(6)7/h2-4,6,8,14H,5,12-13H2,1H3.